The van der Waals surface area contributed by atoms with Crippen LogP contribution in [-0.4, -0.2) is 38.3 Å². The molecule has 0 saturated carbocycles. The Hall–Kier alpha value is -3.16. The first kappa shape index (κ1) is 23.5. The summed E-state index contributed by atoms with van der Waals surface area (Å²) in [6.45, 7) is 5.96. The zero-order valence-electron chi connectivity index (χ0n) is 18.5. The Kier molecular flexibility index (Phi) is 7.66. The van der Waals surface area contributed by atoms with Crippen LogP contribution in [0.4, 0.5) is 5.69 Å². The fourth-order valence-electron chi connectivity index (χ4n) is 3.39. The molecule has 0 bridgehead atoms. The molecule has 7 heteroatoms. The topological polar surface area (TPSA) is 75.7 Å². The molecular weight excluding hydrogens is 424 g/mol. The smallest absolute Gasteiger partial charge is 0.262 e. The summed E-state index contributed by atoms with van der Waals surface area (Å²) in [6.07, 6.45) is 0. The summed E-state index contributed by atoms with van der Waals surface area (Å²) in [4.78, 5) is 12.7. The first-order valence-corrected chi connectivity index (χ1v) is 12.0. The van der Waals surface area contributed by atoms with Crippen molar-refractivity contribution in [1.29, 1.82) is 0 Å². The van der Waals surface area contributed by atoms with Crippen molar-refractivity contribution in [3.8, 4) is 16.9 Å². The zero-order valence-corrected chi connectivity index (χ0v) is 19.4. The van der Waals surface area contributed by atoms with E-state index < -0.39 is 10.0 Å². The van der Waals surface area contributed by atoms with Gasteiger partial charge in [0.1, 0.15) is 5.75 Å². The van der Waals surface area contributed by atoms with Crippen LogP contribution in [0, 0.1) is 6.92 Å². The molecule has 0 spiro atoms. The van der Waals surface area contributed by atoms with E-state index in [0.717, 1.165) is 16.7 Å². The molecule has 0 aliphatic carbocycles. The number of sulfonamides is 1. The number of anilines is 1. The third kappa shape index (κ3) is 5.36. The number of aryl methyl sites for hydroxylation is 1. The summed E-state index contributed by atoms with van der Waals surface area (Å²) in [6, 6.07) is 22.1. The Balaban J connectivity index is 1.74. The first-order chi connectivity index (χ1) is 15.4. The van der Waals surface area contributed by atoms with Gasteiger partial charge < -0.3 is 10.1 Å². The van der Waals surface area contributed by atoms with Gasteiger partial charge in [-0.25, -0.2) is 8.42 Å². The van der Waals surface area contributed by atoms with Gasteiger partial charge in [0.05, 0.1) is 4.90 Å². The highest BCUT2D eigenvalue weighted by Crippen LogP contribution is 2.29. The van der Waals surface area contributed by atoms with E-state index in [1.165, 1.54) is 10.4 Å². The molecule has 0 radical (unpaired) electrons. The molecule has 0 atom stereocenters. The van der Waals surface area contributed by atoms with Crippen LogP contribution in [-0.2, 0) is 14.8 Å². The summed E-state index contributed by atoms with van der Waals surface area (Å²) < 4.78 is 32.8. The number of hydrogen-bond acceptors (Lipinski definition) is 4. The van der Waals surface area contributed by atoms with Crippen LogP contribution in [0.5, 0.6) is 5.75 Å². The maximum absolute atomic E-state index is 12.8. The molecule has 0 heterocycles. The Morgan fingerprint density at radius 1 is 0.938 bits per heavy atom. The molecule has 0 aliphatic heterocycles. The lowest BCUT2D eigenvalue weighted by molar-refractivity contribution is -0.118. The fraction of sp³-hybridized carbons (Fsp3) is 0.240. The van der Waals surface area contributed by atoms with Crippen molar-refractivity contribution < 1.29 is 17.9 Å². The highest BCUT2D eigenvalue weighted by Gasteiger charge is 2.22. The quantitative estimate of drug-likeness (QED) is 0.510. The van der Waals surface area contributed by atoms with Gasteiger partial charge in [0.15, 0.2) is 6.61 Å². The van der Waals surface area contributed by atoms with E-state index in [1.54, 1.807) is 26.0 Å². The van der Waals surface area contributed by atoms with Gasteiger partial charge in [-0.2, -0.15) is 4.31 Å². The van der Waals surface area contributed by atoms with Gasteiger partial charge >= 0.3 is 0 Å². The minimum atomic E-state index is -3.62. The van der Waals surface area contributed by atoms with Gasteiger partial charge in [-0.15, -0.1) is 0 Å². The second-order valence-corrected chi connectivity index (χ2v) is 9.20. The Morgan fingerprint density at radius 2 is 1.59 bits per heavy atom. The predicted molar refractivity (Wildman–Crippen MR) is 127 cm³/mol. The minimum Gasteiger partial charge on any atom is -0.483 e. The number of para-hydroxylation sites is 1. The number of carbonyl (C=O) groups excluding carboxylic acids is 1. The monoisotopic (exact) mass is 452 g/mol. The van der Waals surface area contributed by atoms with E-state index in [4.69, 9.17) is 4.74 Å². The van der Waals surface area contributed by atoms with Gasteiger partial charge in [0, 0.05) is 24.3 Å². The summed E-state index contributed by atoms with van der Waals surface area (Å²) in [5, 5.41) is 2.78. The number of hydrogen-bond donors (Lipinski definition) is 1. The van der Waals surface area contributed by atoms with E-state index >= 15 is 0 Å². The summed E-state index contributed by atoms with van der Waals surface area (Å²) >= 11 is 0. The number of nitrogens with zero attached hydrogens (tertiary/aromatic N) is 1. The van der Waals surface area contributed by atoms with Gasteiger partial charge in [0.25, 0.3) is 5.91 Å². The maximum Gasteiger partial charge on any atom is 0.262 e. The molecular formula is C25H28N2O4S. The zero-order chi connectivity index (χ0) is 23.1. The molecule has 0 saturated heterocycles. The van der Waals surface area contributed by atoms with E-state index in [0.29, 0.717) is 24.5 Å². The molecule has 3 rings (SSSR count). The number of ether oxygens (including phenoxy) is 1. The largest absolute Gasteiger partial charge is 0.483 e. The molecule has 0 unspecified atom stereocenters. The van der Waals surface area contributed by atoms with Crippen LogP contribution >= 0.6 is 0 Å². The van der Waals surface area contributed by atoms with Gasteiger partial charge in [-0.3, -0.25) is 4.79 Å². The average Bonchev–Trinajstić information content (AvgIpc) is 2.80. The number of carbonyl (C=O) groups is 1. The van der Waals surface area contributed by atoms with Crippen LogP contribution in [0.15, 0.2) is 77.7 Å². The highest BCUT2D eigenvalue weighted by atomic mass is 32.2. The van der Waals surface area contributed by atoms with E-state index in [-0.39, 0.29) is 17.4 Å². The lowest BCUT2D eigenvalue weighted by Crippen LogP contribution is -2.30. The number of rotatable bonds is 9. The van der Waals surface area contributed by atoms with Crippen LogP contribution in [0.3, 0.4) is 0 Å². The molecule has 168 valence electrons. The fourth-order valence-corrected chi connectivity index (χ4v) is 4.87. The first-order valence-electron chi connectivity index (χ1n) is 10.5. The normalized spacial score (nSPS) is 11.4. The van der Waals surface area contributed by atoms with Crippen molar-refractivity contribution in [3.05, 3.63) is 78.4 Å². The lowest BCUT2D eigenvalue weighted by atomic mass is 10.1. The van der Waals surface area contributed by atoms with Crippen LogP contribution in [0.2, 0.25) is 0 Å². The van der Waals surface area contributed by atoms with Crippen molar-refractivity contribution in [2.75, 3.05) is 25.0 Å². The standard InChI is InChI=1S/C25H28N2O4S/c1-4-27(5-2)32(29,30)21-16-15-19(3)23(17-21)26-25(28)18-31-24-14-10-9-13-22(24)20-11-7-6-8-12-20/h6-17H,4-5,18H2,1-3H3,(H,26,28). The molecule has 0 aliphatic rings. The van der Waals surface area contributed by atoms with E-state index in [9.17, 15) is 13.2 Å². The lowest BCUT2D eigenvalue weighted by Gasteiger charge is -2.19. The Labute approximate surface area is 189 Å². The van der Waals surface area contributed by atoms with Crippen molar-refractivity contribution in [1.82, 2.24) is 4.31 Å². The summed E-state index contributed by atoms with van der Waals surface area (Å²) in [5.41, 5.74) is 3.10. The molecule has 0 fully saturated rings. The van der Waals surface area contributed by atoms with Crippen molar-refractivity contribution in [2.45, 2.75) is 25.7 Å². The van der Waals surface area contributed by atoms with Crippen molar-refractivity contribution in [2.24, 2.45) is 0 Å². The highest BCUT2D eigenvalue weighted by molar-refractivity contribution is 7.89. The van der Waals surface area contributed by atoms with E-state index in [2.05, 4.69) is 5.32 Å². The van der Waals surface area contributed by atoms with Crippen molar-refractivity contribution in [3.63, 3.8) is 0 Å². The number of nitrogens with one attached hydrogen (secondary N) is 1. The Morgan fingerprint density at radius 3 is 2.28 bits per heavy atom. The molecule has 3 aromatic carbocycles. The molecule has 32 heavy (non-hydrogen) atoms. The predicted octanol–water partition coefficient (Wildman–Crippen LogP) is 4.71. The van der Waals surface area contributed by atoms with Crippen molar-refractivity contribution >= 4 is 21.6 Å². The molecule has 0 aromatic heterocycles. The molecule has 1 amide bonds. The third-order valence-corrected chi connectivity index (χ3v) is 7.20. The summed E-state index contributed by atoms with van der Waals surface area (Å²) in [7, 11) is -3.62. The SMILES string of the molecule is CCN(CC)S(=O)(=O)c1ccc(C)c(NC(=O)COc2ccccc2-c2ccccc2)c1. The molecule has 3 aromatic rings. The average molecular weight is 453 g/mol. The molecule has 1 N–H and O–H groups in total. The summed E-state index contributed by atoms with van der Waals surface area (Å²) in [5.74, 6) is 0.233. The maximum atomic E-state index is 12.8. The minimum absolute atomic E-state index is 0.150. The van der Waals surface area contributed by atoms with Crippen LogP contribution < -0.4 is 10.1 Å². The second-order valence-electron chi connectivity index (χ2n) is 7.27. The second kappa shape index (κ2) is 10.4. The number of benzene rings is 3. The van der Waals surface area contributed by atoms with E-state index in [1.807, 2.05) is 61.5 Å². The van der Waals surface area contributed by atoms with Gasteiger partial charge in [0.2, 0.25) is 10.0 Å². The van der Waals surface area contributed by atoms with Crippen LogP contribution in [0.1, 0.15) is 19.4 Å². The number of amides is 1. The Bertz CT molecular complexity index is 1170. The van der Waals surface area contributed by atoms with Gasteiger partial charge in [-0.05, 0) is 36.2 Å². The van der Waals surface area contributed by atoms with Gasteiger partial charge in [-0.1, -0.05) is 68.4 Å². The third-order valence-electron chi connectivity index (χ3n) is 5.16. The molecule has 6 nitrogen and oxygen atoms in total. The van der Waals surface area contributed by atoms with Crippen LogP contribution in [0.25, 0.3) is 11.1 Å².